The molecule has 254 valence electrons. The van der Waals surface area contributed by atoms with E-state index < -0.39 is 0 Å². The summed E-state index contributed by atoms with van der Waals surface area (Å²) in [5.41, 5.74) is 1.27. The third-order valence-electron chi connectivity index (χ3n) is 8.33. The number of hydrogen-bond donors (Lipinski definition) is 0. The molecule has 0 bridgehead atoms. The first kappa shape index (κ1) is 40.3. The molecule has 0 heterocycles. The van der Waals surface area contributed by atoms with Gasteiger partial charge in [-0.3, -0.25) is 0 Å². The molecule has 3 heteroatoms. The molecule has 0 fully saturated rings. The van der Waals surface area contributed by atoms with Crippen LogP contribution in [0.4, 0.5) is 0 Å². The van der Waals surface area contributed by atoms with Gasteiger partial charge in [-0.2, -0.15) is 0 Å². The molecule has 44 heavy (non-hydrogen) atoms. The predicted molar refractivity (Wildman–Crippen MR) is 195 cm³/mol. The van der Waals surface area contributed by atoms with Crippen LogP contribution in [0.25, 0.3) is 0 Å². The highest BCUT2D eigenvalue weighted by atomic mass is 16.5. The maximum Gasteiger partial charge on any atom is 0.161 e. The molecular formula is C41H73NO2. The van der Waals surface area contributed by atoms with Crippen LogP contribution in [-0.4, -0.2) is 32.2 Å². The number of ether oxygens (including phenoxy) is 2. The molecule has 0 atom stereocenters. The van der Waals surface area contributed by atoms with Gasteiger partial charge in [-0.15, -0.1) is 0 Å². The lowest BCUT2D eigenvalue weighted by Gasteiger charge is -2.16. The second-order valence-electron chi connectivity index (χ2n) is 13.2. The van der Waals surface area contributed by atoms with E-state index in [0.717, 1.165) is 44.1 Å². The Bertz CT molecular complexity index is 800. The van der Waals surface area contributed by atoms with Crippen LogP contribution in [0.5, 0.6) is 11.5 Å². The molecule has 3 nitrogen and oxygen atoms in total. The molecule has 0 saturated heterocycles. The number of allylic oxidation sites excluding steroid dienone is 4. The van der Waals surface area contributed by atoms with Crippen molar-refractivity contribution < 1.29 is 9.47 Å². The number of unbranched alkanes of at least 4 members (excludes halogenated alkanes) is 20. The molecule has 1 rings (SSSR count). The van der Waals surface area contributed by atoms with Crippen LogP contribution in [0, 0.1) is 0 Å². The Morgan fingerprint density at radius 3 is 1.30 bits per heavy atom. The summed E-state index contributed by atoms with van der Waals surface area (Å²) in [5, 5.41) is 0. The lowest BCUT2D eigenvalue weighted by Crippen LogP contribution is -2.11. The molecular weight excluding hydrogens is 538 g/mol. The average molecular weight is 612 g/mol. The minimum atomic E-state index is 0.766. The van der Waals surface area contributed by atoms with Gasteiger partial charge in [-0.1, -0.05) is 134 Å². The van der Waals surface area contributed by atoms with E-state index in [1.54, 1.807) is 0 Å². The van der Waals surface area contributed by atoms with E-state index in [4.69, 9.17) is 9.47 Å². The van der Waals surface area contributed by atoms with Crippen molar-refractivity contribution in [1.29, 1.82) is 0 Å². The maximum absolute atomic E-state index is 6.28. The number of rotatable bonds is 32. The van der Waals surface area contributed by atoms with E-state index in [-0.39, 0.29) is 0 Å². The zero-order valence-electron chi connectivity index (χ0n) is 29.9. The van der Waals surface area contributed by atoms with Crippen molar-refractivity contribution in [3.05, 3.63) is 48.1 Å². The molecule has 0 amide bonds. The first-order valence-electron chi connectivity index (χ1n) is 19.0. The number of hydrogen-bond acceptors (Lipinski definition) is 3. The maximum atomic E-state index is 6.28. The van der Waals surface area contributed by atoms with E-state index >= 15 is 0 Å². The van der Waals surface area contributed by atoms with Crippen LogP contribution in [-0.2, 0) is 6.54 Å². The van der Waals surface area contributed by atoms with Crippen molar-refractivity contribution in [1.82, 2.24) is 4.90 Å². The van der Waals surface area contributed by atoms with E-state index in [0.29, 0.717) is 0 Å². The van der Waals surface area contributed by atoms with Gasteiger partial charge in [0.15, 0.2) is 11.5 Å². The minimum absolute atomic E-state index is 0.766. The van der Waals surface area contributed by atoms with Gasteiger partial charge in [0.05, 0.1) is 13.2 Å². The highest BCUT2D eigenvalue weighted by Gasteiger charge is 2.08. The van der Waals surface area contributed by atoms with Crippen molar-refractivity contribution in [2.75, 3.05) is 27.3 Å². The quantitative estimate of drug-likeness (QED) is 0.0597. The number of nitrogens with zero attached hydrogens (tertiary/aromatic N) is 1. The summed E-state index contributed by atoms with van der Waals surface area (Å²) < 4.78 is 12.5. The van der Waals surface area contributed by atoms with Crippen molar-refractivity contribution in [3.8, 4) is 11.5 Å². The zero-order valence-corrected chi connectivity index (χ0v) is 29.9. The summed E-state index contributed by atoms with van der Waals surface area (Å²) >= 11 is 0. The van der Waals surface area contributed by atoms with Crippen LogP contribution in [0.2, 0.25) is 0 Å². The highest BCUT2D eigenvalue weighted by molar-refractivity contribution is 5.43. The summed E-state index contributed by atoms with van der Waals surface area (Å²) in [6, 6.07) is 6.47. The van der Waals surface area contributed by atoms with Crippen LogP contribution in [0.3, 0.4) is 0 Å². The van der Waals surface area contributed by atoms with E-state index in [2.05, 4.69) is 75.3 Å². The fourth-order valence-corrected chi connectivity index (χ4v) is 5.60. The molecule has 0 unspecified atom stereocenters. The van der Waals surface area contributed by atoms with Gasteiger partial charge in [0.2, 0.25) is 0 Å². The van der Waals surface area contributed by atoms with E-state index in [1.165, 1.54) is 147 Å². The van der Waals surface area contributed by atoms with Gasteiger partial charge in [0.25, 0.3) is 0 Å². The van der Waals surface area contributed by atoms with Gasteiger partial charge >= 0.3 is 0 Å². The Hall–Kier alpha value is -1.74. The smallest absolute Gasteiger partial charge is 0.161 e. The predicted octanol–water partition coefficient (Wildman–Crippen LogP) is 13.0. The fraction of sp³-hybridized carbons (Fsp3) is 0.756. The van der Waals surface area contributed by atoms with Gasteiger partial charge in [0.1, 0.15) is 0 Å². The normalized spacial score (nSPS) is 11.8. The summed E-state index contributed by atoms with van der Waals surface area (Å²) in [4.78, 5) is 2.20. The Balaban J connectivity index is 2.18. The molecule has 0 N–H and O–H groups in total. The first-order valence-corrected chi connectivity index (χ1v) is 19.0. The van der Waals surface area contributed by atoms with E-state index in [9.17, 15) is 0 Å². The molecule has 0 aliphatic rings. The van der Waals surface area contributed by atoms with Crippen LogP contribution >= 0.6 is 0 Å². The molecule has 0 aliphatic heterocycles. The van der Waals surface area contributed by atoms with Gasteiger partial charge in [-0.05, 0) is 96.0 Å². The van der Waals surface area contributed by atoms with Crippen molar-refractivity contribution in [2.24, 2.45) is 0 Å². The lowest BCUT2D eigenvalue weighted by atomic mass is 10.1. The molecule has 0 radical (unpaired) electrons. The van der Waals surface area contributed by atoms with Gasteiger partial charge in [0, 0.05) is 6.54 Å². The van der Waals surface area contributed by atoms with Gasteiger partial charge < -0.3 is 14.4 Å². The molecule has 1 aromatic carbocycles. The molecule has 0 spiro atoms. The Morgan fingerprint density at radius 2 is 0.864 bits per heavy atom. The first-order chi connectivity index (χ1) is 21.7. The van der Waals surface area contributed by atoms with Crippen LogP contribution in [0.1, 0.15) is 174 Å². The van der Waals surface area contributed by atoms with E-state index in [1.807, 2.05) is 0 Å². The SMILES string of the molecule is CCCCCCCCC=CCCCCCCOc1ccc(CN(C)C)cc1OCCCCCCC=CCCCCCCCC. The fourth-order valence-electron chi connectivity index (χ4n) is 5.60. The Morgan fingerprint density at radius 1 is 0.477 bits per heavy atom. The average Bonchev–Trinajstić information content (AvgIpc) is 3.01. The topological polar surface area (TPSA) is 21.7 Å². The molecule has 0 aliphatic carbocycles. The van der Waals surface area contributed by atoms with Crippen molar-refractivity contribution in [2.45, 2.75) is 174 Å². The molecule has 0 saturated carbocycles. The van der Waals surface area contributed by atoms with Gasteiger partial charge in [-0.25, -0.2) is 0 Å². The summed E-state index contributed by atoms with van der Waals surface area (Å²) in [6.45, 7) is 7.02. The zero-order chi connectivity index (χ0) is 31.8. The third kappa shape index (κ3) is 25.6. The monoisotopic (exact) mass is 612 g/mol. The van der Waals surface area contributed by atoms with Crippen molar-refractivity contribution >= 4 is 0 Å². The minimum Gasteiger partial charge on any atom is -0.490 e. The van der Waals surface area contributed by atoms with Crippen molar-refractivity contribution in [3.63, 3.8) is 0 Å². The summed E-state index contributed by atoms with van der Waals surface area (Å²) in [5.74, 6) is 1.82. The molecule has 1 aromatic rings. The van der Waals surface area contributed by atoms with Crippen LogP contribution < -0.4 is 9.47 Å². The standard InChI is InChI=1S/C41H73NO2/c1-5-7-9-11-13-15-17-19-21-23-25-27-29-31-35-43-40-34-33-39(38-42(3)4)37-41(40)44-36-32-30-28-26-24-22-20-18-16-14-12-10-8-6-2/h19-22,33-34,37H,5-18,23-32,35-36,38H2,1-4H3. The second-order valence-corrected chi connectivity index (χ2v) is 13.2. The number of benzene rings is 1. The Kier molecular flexibility index (Phi) is 28.6. The summed E-state index contributed by atoms with van der Waals surface area (Å²) in [7, 11) is 4.22. The summed E-state index contributed by atoms with van der Waals surface area (Å²) in [6.07, 6.45) is 41.0. The molecule has 0 aromatic heterocycles. The lowest BCUT2D eigenvalue weighted by molar-refractivity contribution is 0.258. The Labute approximate surface area is 275 Å². The largest absolute Gasteiger partial charge is 0.490 e. The second kappa shape index (κ2) is 31.3. The highest BCUT2D eigenvalue weighted by Crippen LogP contribution is 2.29. The third-order valence-corrected chi connectivity index (χ3v) is 8.33. The van der Waals surface area contributed by atoms with Crippen LogP contribution in [0.15, 0.2) is 42.5 Å².